The van der Waals surface area contributed by atoms with Crippen molar-refractivity contribution in [2.24, 2.45) is 0 Å². The van der Waals surface area contributed by atoms with E-state index < -0.39 is 122 Å². The summed E-state index contributed by atoms with van der Waals surface area (Å²) in [7, 11) is 0. The lowest BCUT2D eigenvalue weighted by atomic mass is 10.1. The van der Waals surface area contributed by atoms with E-state index in [1.165, 1.54) is 60.7 Å². The quantitative estimate of drug-likeness (QED) is 0.0640. The topological polar surface area (TPSA) is 277 Å². The van der Waals surface area contributed by atoms with Crippen molar-refractivity contribution in [1.82, 2.24) is 5.06 Å². The number of aliphatic carboxylic acids is 1. The van der Waals surface area contributed by atoms with Crippen molar-refractivity contribution in [3.8, 4) is 0 Å². The van der Waals surface area contributed by atoms with Gasteiger partial charge in [-0.1, -0.05) is 109 Å². The first-order valence-electron chi connectivity index (χ1n) is 24.4. The van der Waals surface area contributed by atoms with Gasteiger partial charge in [0, 0.05) is 12.8 Å². The van der Waals surface area contributed by atoms with Crippen LogP contribution in [0.2, 0.25) is 0 Å². The molecule has 3 aliphatic heterocycles. The highest BCUT2D eigenvalue weighted by Crippen LogP contribution is 2.32. The fourth-order valence-corrected chi connectivity index (χ4v) is 8.15. The molecule has 8 atom stereocenters. The Morgan fingerprint density at radius 2 is 0.658 bits per heavy atom. The number of carboxylic acids is 1. The SMILES string of the molecule is O=C(OC[C@H]1O[C@@H](C(=O)O)[C@H](OC(=O)c2ccccc2)[C@@H]1OC(=O)c1ccccc1)c1ccccc1.O=C(OC[C@H]1O[C@@H](C(=O)ON2C(=O)CCC2=O)[C@H](OC(=O)c2ccccc2)[C@@H]1OC(=O)c1ccccc1)c1ccccc1. The van der Waals surface area contributed by atoms with Gasteiger partial charge in [-0.3, -0.25) is 9.59 Å². The van der Waals surface area contributed by atoms with Crippen LogP contribution in [0, 0.1) is 0 Å². The van der Waals surface area contributed by atoms with Crippen LogP contribution in [0.25, 0.3) is 0 Å². The Bertz CT molecular complexity index is 3130. The minimum atomic E-state index is -1.78. The number of nitrogens with zero attached hydrogens (tertiary/aromatic N) is 1. The summed E-state index contributed by atoms with van der Waals surface area (Å²) in [5.41, 5.74) is 1.14. The molecule has 0 saturated carbocycles. The average molecular weight is 1080 g/mol. The molecular weight excluding hydrogens is 1030 g/mol. The number of amides is 2. The molecule has 6 aromatic rings. The Morgan fingerprint density at radius 3 is 0.962 bits per heavy atom. The number of imide groups is 1. The Balaban J connectivity index is 0.000000211. The lowest BCUT2D eigenvalue weighted by Gasteiger charge is -2.24. The van der Waals surface area contributed by atoms with E-state index >= 15 is 0 Å². The second kappa shape index (κ2) is 26.3. The summed E-state index contributed by atoms with van der Waals surface area (Å²) < 4.78 is 44.5. The highest BCUT2D eigenvalue weighted by Gasteiger charge is 2.56. The fourth-order valence-electron chi connectivity index (χ4n) is 8.15. The molecule has 0 unspecified atom stereocenters. The fraction of sp³-hybridized carbons (Fsp3) is 0.207. The molecule has 3 aliphatic rings. The van der Waals surface area contributed by atoms with Crippen LogP contribution in [0.5, 0.6) is 0 Å². The number of hydrogen-bond donors (Lipinski definition) is 1. The van der Waals surface area contributed by atoms with Crippen LogP contribution in [0.1, 0.15) is 75.0 Å². The predicted octanol–water partition coefficient (Wildman–Crippen LogP) is 5.82. The number of benzene rings is 6. The van der Waals surface area contributed by atoms with Crippen LogP contribution < -0.4 is 0 Å². The van der Waals surface area contributed by atoms with Crippen molar-refractivity contribution < 1.29 is 95.8 Å². The van der Waals surface area contributed by atoms with E-state index in [4.69, 9.17) is 42.7 Å². The van der Waals surface area contributed by atoms with Gasteiger partial charge in [-0.05, 0) is 72.8 Å². The van der Waals surface area contributed by atoms with Gasteiger partial charge in [-0.15, -0.1) is 5.06 Å². The molecule has 0 spiro atoms. The number of carbonyl (C=O) groups excluding carboxylic acids is 9. The minimum Gasteiger partial charge on any atom is -0.479 e. The molecule has 3 fully saturated rings. The van der Waals surface area contributed by atoms with E-state index in [1.807, 2.05) is 0 Å². The first-order valence-corrected chi connectivity index (χ1v) is 24.4. The number of rotatable bonds is 17. The molecule has 0 radical (unpaired) electrons. The van der Waals surface area contributed by atoms with Gasteiger partial charge in [0.2, 0.25) is 0 Å². The average Bonchev–Trinajstić information content (AvgIpc) is 4.14. The summed E-state index contributed by atoms with van der Waals surface area (Å²) in [6.45, 7) is -0.963. The van der Waals surface area contributed by atoms with Crippen LogP contribution >= 0.6 is 0 Å². The largest absolute Gasteiger partial charge is 0.479 e. The molecular formula is C58H47NO20. The normalized spacial score (nSPS) is 21.0. The molecule has 0 aromatic heterocycles. The molecule has 9 rings (SSSR count). The molecule has 3 heterocycles. The van der Waals surface area contributed by atoms with Crippen molar-refractivity contribution in [3.05, 3.63) is 215 Å². The molecule has 3 saturated heterocycles. The van der Waals surface area contributed by atoms with Gasteiger partial charge >= 0.3 is 47.8 Å². The zero-order valence-corrected chi connectivity index (χ0v) is 41.4. The smallest absolute Gasteiger partial charge is 0.365 e. The number of hydrogen-bond acceptors (Lipinski definition) is 19. The number of carboxylic acid groups (broad SMARTS) is 1. The van der Waals surface area contributed by atoms with Crippen LogP contribution in [0.4, 0.5) is 0 Å². The summed E-state index contributed by atoms with van der Waals surface area (Å²) in [6, 6.07) is 47.9. The second-order valence-corrected chi connectivity index (χ2v) is 17.4. The summed E-state index contributed by atoms with van der Waals surface area (Å²) in [6.07, 6.45) is -12.2. The van der Waals surface area contributed by atoms with E-state index in [9.17, 15) is 53.1 Å². The maximum Gasteiger partial charge on any atom is 0.365 e. The van der Waals surface area contributed by atoms with E-state index in [2.05, 4.69) is 0 Å². The molecule has 404 valence electrons. The Morgan fingerprint density at radius 1 is 0.392 bits per heavy atom. The highest BCUT2D eigenvalue weighted by atomic mass is 16.7. The van der Waals surface area contributed by atoms with Crippen molar-refractivity contribution in [1.29, 1.82) is 0 Å². The molecule has 21 heteroatoms. The Hall–Kier alpha value is -9.86. The minimum absolute atomic E-state index is 0.117. The van der Waals surface area contributed by atoms with Gasteiger partial charge in [0.05, 0.1) is 33.4 Å². The number of esters is 6. The molecule has 21 nitrogen and oxygen atoms in total. The number of hydroxylamine groups is 2. The maximum atomic E-state index is 13.3. The van der Waals surface area contributed by atoms with Crippen molar-refractivity contribution >= 4 is 59.6 Å². The number of carbonyl (C=O) groups is 10. The monoisotopic (exact) mass is 1080 g/mol. The summed E-state index contributed by atoms with van der Waals surface area (Å²) in [5.74, 6) is -8.90. The van der Waals surface area contributed by atoms with Crippen LogP contribution in [0.15, 0.2) is 182 Å². The van der Waals surface area contributed by atoms with Gasteiger partial charge in [-0.25, -0.2) is 38.4 Å². The third kappa shape index (κ3) is 14.1. The van der Waals surface area contributed by atoms with Crippen LogP contribution in [-0.4, -0.2) is 132 Å². The van der Waals surface area contributed by atoms with Crippen LogP contribution in [0.3, 0.4) is 0 Å². The second-order valence-electron chi connectivity index (χ2n) is 17.4. The Labute approximate surface area is 449 Å². The van der Waals surface area contributed by atoms with E-state index in [1.54, 1.807) is 121 Å². The Kier molecular flexibility index (Phi) is 18.4. The molecule has 79 heavy (non-hydrogen) atoms. The summed E-state index contributed by atoms with van der Waals surface area (Å²) in [4.78, 5) is 131. The summed E-state index contributed by atoms with van der Waals surface area (Å²) >= 11 is 0. The van der Waals surface area contributed by atoms with Crippen molar-refractivity contribution in [2.75, 3.05) is 13.2 Å². The first-order chi connectivity index (χ1) is 38.2. The molecule has 1 N–H and O–H groups in total. The lowest BCUT2D eigenvalue weighted by Crippen LogP contribution is -2.45. The molecule has 0 aliphatic carbocycles. The van der Waals surface area contributed by atoms with Crippen molar-refractivity contribution in [3.63, 3.8) is 0 Å². The van der Waals surface area contributed by atoms with Gasteiger partial charge in [0.1, 0.15) is 25.4 Å². The molecule has 2 amide bonds. The van der Waals surface area contributed by atoms with Crippen LogP contribution in [-0.2, 0) is 61.9 Å². The lowest BCUT2D eigenvalue weighted by molar-refractivity contribution is -0.207. The third-order valence-corrected chi connectivity index (χ3v) is 12.1. The van der Waals surface area contributed by atoms with E-state index in [0.717, 1.165) is 0 Å². The van der Waals surface area contributed by atoms with Gasteiger partial charge in [0.25, 0.3) is 11.8 Å². The van der Waals surface area contributed by atoms with Gasteiger partial charge < -0.3 is 47.8 Å². The molecule has 0 bridgehead atoms. The van der Waals surface area contributed by atoms with Crippen molar-refractivity contribution in [2.45, 2.75) is 61.7 Å². The zero-order valence-electron chi connectivity index (χ0n) is 41.4. The van der Waals surface area contributed by atoms with E-state index in [-0.39, 0.29) is 46.2 Å². The van der Waals surface area contributed by atoms with Gasteiger partial charge in [-0.2, -0.15) is 0 Å². The number of ether oxygens (including phenoxy) is 8. The highest BCUT2D eigenvalue weighted by molar-refractivity contribution is 6.02. The maximum absolute atomic E-state index is 13.3. The standard InChI is InChI=1S/C31H25NO11.C27H22O9/c33-23-16-17-24(34)32(23)43-31(38)27-26(42-30(37)21-14-8-3-9-15-21)25(41-29(36)20-12-6-2-7-13-20)22(40-27)18-39-28(35)19-10-4-1-5-11-19;28-24(29)23-22(36-27(32)19-14-8-3-9-15-19)21(35-26(31)18-12-6-2-7-13-18)20(34-23)16-33-25(30)17-10-4-1-5-11-17/h1-15,22,25-27H,16-18H2;1-15,20-23H,16H2,(H,28,29)/t22-,25-,26-,27-;20-,21-,22-,23-/m11/s1. The summed E-state index contributed by atoms with van der Waals surface area (Å²) in [5, 5.41) is 10.1. The first kappa shape index (κ1) is 55.4. The zero-order chi connectivity index (χ0) is 55.8. The third-order valence-electron chi connectivity index (χ3n) is 12.1. The molecule has 6 aromatic carbocycles. The predicted molar refractivity (Wildman–Crippen MR) is 268 cm³/mol. The van der Waals surface area contributed by atoms with Gasteiger partial charge in [0.15, 0.2) is 36.6 Å². The van der Waals surface area contributed by atoms with E-state index in [0.29, 0.717) is 5.06 Å².